The van der Waals surface area contributed by atoms with Crippen molar-refractivity contribution in [2.75, 3.05) is 0 Å². The van der Waals surface area contributed by atoms with Crippen LogP contribution in [0.1, 0.15) is 16.1 Å². The van der Waals surface area contributed by atoms with Crippen LogP contribution in [0.25, 0.3) is 11.3 Å². The van der Waals surface area contributed by atoms with Gasteiger partial charge in [0.25, 0.3) is 0 Å². The molecule has 0 saturated heterocycles. The Hall–Kier alpha value is -2.24. The van der Waals surface area contributed by atoms with Crippen molar-refractivity contribution in [2.45, 2.75) is 12.8 Å². The molecule has 94 valence electrons. The molecule has 0 aliphatic rings. The summed E-state index contributed by atoms with van der Waals surface area (Å²) in [7, 11) is 0. The number of carboxylic acids is 1. The van der Waals surface area contributed by atoms with Gasteiger partial charge in [-0.3, -0.25) is 5.10 Å². The number of hydrogen-bond donors (Lipinski definition) is 2. The van der Waals surface area contributed by atoms with Gasteiger partial charge in [-0.15, -0.1) is 0 Å². The van der Waals surface area contributed by atoms with E-state index in [0.717, 1.165) is 0 Å². The molecule has 0 atom stereocenters. The van der Waals surface area contributed by atoms with E-state index in [1.807, 2.05) is 0 Å². The van der Waals surface area contributed by atoms with E-state index in [1.54, 1.807) is 24.3 Å². The molecule has 4 nitrogen and oxygen atoms in total. The first kappa shape index (κ1) is 12.2. The quantitative estimate of drug-likeness (QED) is 0.878. The molecule has 2 N–H and O–H groups in total. The molecule has 2 rings (SSSR count). The number of carbonyl (C=O) groups is 1. The molecule has 1 aromatic heterocycles. The highest BCUT2D eigenvalue weighted by atomic mass is 19.3. The number of benzene rings is 1. The number of alkyl halides is 2. The molecule has 0 radical (unpaired) electrons. The van der Waals surface area contributed by atoms with E-state index >= 15 is 0 Å². The highest BCUT2D eigenvalue weighted by Gasteiger charge is 2.09. The predicted octanol–water partition coefficient (Wildman–Crippen LogP) is 2.58. The standard InChI is InChI=1S/C12H10F2N2O2/c13-11(14)5-7-1-3-8(4-2-7)9-6-10(12(17)18)16-15-9/h1-4,6,11H,5H2,(H,15,16)(H,17,18). The SMILES string of the molecule is O=C(O)c1cc(-c2ccc(CC(F)F)cc2)n[nH]1. The minimum atomic E-state index is -2.38. The molecule has 1 heterocycles. The fourth-order valence-electron chi connectivity index (χ4n) is 1.57. The molecule has 0 aliphatic carbocycles. The van der Waals surface area contributed by atoms with Gasteiger partial charge < -0.3 is 5.11 Å². The third-order valence-corrected chi connectivity index (χ3v) is 2.45. The van der Waals surface area contributed by atoms with E-state index in [-0.39, 0.29) is 12.1 Å². The van der Waals surface area contributed by atoms with Crippen molar-refractivity contribution in [1.29, 1.82) is 0 Å². The molecule has 0 aliphatic heterocycles. The van der Waals surface area contributed by atoms with Crippen molar-refractivity contribution >= 4 is 5.97 Å². The number of nitrogens with zero attached hydrogens (tertiary/aromatic N) is 1. The number of H-pyrrole nitrogens is 1. The maximum absolute atomic E-state index is 12.2. The molecule has 0 saturated carbocycles. The van der Waals surface area contributed by atoms with Gasteiger partial charge in [0.2, 0.25) is 6.43 Å². The normalized spacial score (nSPS) is 10.8. The zero-order valence-electron chi connectivity index (χ0n) is 9.23. The van der Waals surface area contributed by atoms with Gasteiger partial charge in [-0.1, -0.05) is 24.3 Å². The van der Waals surface area contributed by atoms with E-state index in [2.05, 4.69) is 10.2 Å². The lowest BCUT2D eigenvalue weighted by molar-refractivity contribution is 0.0690. The minimum absolute atomic E-state index is 0.0124. The summed E-state index contributed by atoms with van der Waals surface area (Å²) in [5, 5.41) is 15.0. The summed E-state index contributed by atoms with van der Waals surface area (Å²) in [4.78, 5) is 10.7. The Morgan fingerprint density at radius 1 is 1.33 bits per heavy atom. The van der Waals surface area contributed by atoms with Crippen molar-refractivity contribution < 1.29 is 18.7 Å². The molecule has 6 heteroatoms. The number of aromatic carboxylic acids is 1. The molecule has 0 spiro atoms. The van der Waals surface area contributed by atoms with Crippen LogP contribution in [-0.2, 0) is 6.42 Å². The van der Waals surface area contributed by atoms with Gasteiger partial charge in [0.15, 0.2) is 0 Å². The van der Waals surface area contributed by atoms with Crippen molar-refractivity contribution in [3.63, 3.8) is 0 Å². The van der Waals surface area contributed by atoms with Crippen LogP contribution in [-0.4, -0.2) is 27.7 Å². The fraction of sp³-hybridized carbons (Fsp3) is 0.167. The Balaban J connectivity index is 2.20. The van der Waals surface area contributed by atoms with E-state index < -0.39 is 12.4 Å². The molecule has 1 aromatic carbocycles. The second-order valence-corrected chi connectivity index (χ2v) is 3.76. The van der Waals surface area contributed by atoms with Crippen molar-refractivity contribution in [1.82, 2.24) is 10.2 Å². The van der Waals surface area contributed by atoms with E-state index in [1.165, 1.54) is 6.07 Å². The summed E-state index contributed by atoms with van der Waals surface area (Å²) >= 11 is 0. The number of nitrogens with one attached hydrogen (secondary N) is 1. The third-order valence-electron chi connectivity index (χ3n) is 2.45. The second-order valence-electron chi connectivity index (χ2n) is 3.76. The molecular weight excluding hydrogens is 242 g/mol. The number of carboxylic acid groups (broad SMARTS) is 1. The zero-order chi connectivity index (χ0) is 13.1. The first-order valence-electron chi connectivity index (χ1n) is 5.22. The van der Waals surface area contributed by atoms with Crippen molar-refractivity contribution in [3.8, 4) is 11.3 Å². The molecule has 0 unspecified atom stereocenters. The molecule has 0 fully saturated rings. The van der Waals surface area contributed by atoms with Crippen LogP contribution < -0.4 is 0 Å². The third kappa shape index (κ3) is 2.71. The Bertz CT molecular complexity index is 549. The average molecular weight is 252 g/mol. The van der Waals surface area contributed by atoms with Crippen LogP contribution in [0.2, 0.25) is 0 Å². The summed E-state index contributed by atoms with van der Waals surface area (Å²) < 4.78 is 24.3. The Morgan fingerprint density at radius 3 is 2.50 bits per heavy atom. The van der Waals surface area contributed by atoms with Gasteiger partial charge in [-0.25, -0.2) is 13.6 Å². The molecule has 18 heavy (non-hydrogen) atoms. The van der Waals surface area contributed by atoms with Crippen LogP contribution >= 0.6 is 0 Å². The maximum atomic E-state index is 12.2. The topological polar surface area (TPSA) is 66.0 Å². The Kier molecular flexibility index (Phi) is 3.36. The van der Waals surface area contributed by atoms with E-state index in [4.69, 9.17) is 5.11 Å². The lowest BCUT2D eigenvalue weighted by Crippen LogP contribution is -1.96. The fourth-order valence-corrected chi connectivity index (χ4v) is 1.57. The largest absolute Gasteiger partial charge is 0.477 e. The van der Waals surface area contributed by atoms with Crippen LogP contribution in [0.15, 0.2) is 30.3 Å². The van der Waals surface area contributed by atoms with Gasteiger partial charge in [0.05, 0.1) is 5.69 Å². The van der Waals surface area contributed by atoms with Crippen LogP contribution in [0.3, 0.4) is 0 Å². The van der Waals surface area contributed by atoms with E-state index in [9.17, 15) is 13.6 Å². The second kappa shape index (κ2) is 4.95. The summed E-state index contributed by atoms with van der Waals surface area (Å²) in [5.74, 6) is -1.09. The van der Waals surface area contributed by atoms with Gasteiger partial charge in [-0.05, 0) is 11.6 Å². The van der Waals surface area contributed by atoms with Crippen molar-refractivity contribution in [3.05, 3.63) is 41.6 Å². The van der Waals surface area contributed by atoms with Crippen LogP contribution in [0.5, 0.6) is 0 Å². The smallest absolute Gasteiger partial charge is 0.353 e. The van der Waals surface area contributed by atoms with Gasteiger partial charge in [0, 0.05) is 12.0 Å². The minimum Gasteiger partial charge on any atom is -0.477 e. The number of halogens is 2. The van der Waals surface area contributed by atoms with Crippen LogP contribution in [0.4, 0.5) is 8.78 Å². The lowest BCUT2D eigenvalue weighted by Gasteiger charge is -2.01. The van der Waals surface area contributed by atoms with Gasteiger partial charge in [-0.2, -0.15) is 5.10 Å². The van der Waals surface area contributed by atoms with Crippen molar-refractivity contribution in [2.24, 2.45) is 0 Å². The highest BCUT2D eigenvalue weighted by molar-refractivity contribution is 5.86. The molecule has 2 aromatic rings. The molecular formula is C12H10F2N2O2. The Labute approximate surface area is 101 Å². The number of rotatable bonds is 4. The number of hydrogen-bond acceptors (Lipinski definition) is 2. The monoisotopic (exact) mass is 252 g/mol. The number of aromatic nitrogens is 2. The highest BCUT2D eigenvalue weighted by Crippen LogP contribution is 2.19. The maximum Gasteiger partial charge on any atom is 0.353 e. The summed E-state index contributed by atoms with van der Waals surface area (Å²) in [6.45, 7) is 0. The average Bonchev–Trinajstić information content (AvgIpc) is 2.78. The Morgan fingerprint density at radius 2 is 2.00 bits per heavy atom. The van der Waals surface area contributed by atoms with Crippen LogP contribution in [0, 0.1) is 0 Å². The summed E-state index contributed by atoms with van der Waals surface area (Å²) in [5.41, 5.74) is 1.66. The molecule has 0 bridgehead atoms. The van der Waals surface area contributed by atoms with Gasteiger partial charge in [0.1, 0.15) is 5.69 Å². The first-order valence-corrected chi connectivity index (χ1v) is 5.22. The van der Waals surface area contributed by atoms with Gasteiger partial charge >= 0.3 is 5.97 Å². The first-order chi connectivity index (χ1) is 8.56. The summed E-state index contributed by atoms with van der Waals surface area (Å²) in [6, 6.07) is 7.83. The zero-order valence-corrected chi connectivity index (χ0v) is 9.23. The number of aromatic amines is 1. The lowest BCUT2D eigenvalue weighted by atomic mass is 10.1. The molecule has 0 amide bonds. The summed E-state index contributed by atoms with van der Waals surface area (Å²) in [6.07, 6.45) is -2.67. The van der Waals surface area contributed by atoms with E-state index in [0.29, 0.717) is 16.8 Å². The predicted molar refractivity (Wildman–Crippen MR) is 60.7 cm³/mol.